The number of hydrogen-bond donors (Lipinski definition) is 1. The third-order valence-electron chi connectivity index (χ3n) is 1.75. The first-order valence-corrected chi connectivity index (χ1v) is 4.31. The Morgan fingerprint density at radius 1 is 1.50 bits per heavy atom. The van der Waals surface area contributed by atoms with Gasteiger partial charge >= 0.3 is 0 Å². The molecule has 0 fully saturated rings. The van der Waals surface area contributed by atoms with Crippen LogP contribution in [0.15, 0.2) is 18.5 Å². The number of aryl methyl sites for hydroxylation is 1. The molecule has 0 aliphatic carbocycles. The summed E-state index contributed by atoms with van der Waals surface area (Å²) in [5.74, 6) is 0.122. The molecule has 2 rings (SSSR count). The highest BCUT2D eigenvalue weighted by atomic mass is 32.1. The Kier molecular flexibility index (Phi) is 2.12. The quantitative estimate of drug-likeness (QED) is 0.728. The van der Waals surface area contributed by atoms with Gasteiger partial charge in [-0.1, -0.05) is 0 Å². The summed E-state index contributed by atoms with van der Waals surface area (Å²) in [7, 11) is 1.74. The van der Waals surface area contributed by atoms with E-state index in [0.717, 1.165) is 6.20 Å². The second-order valence-corrected chi connectivity index (χ2v) is 3.17. The van der Waals surface area contributed by atoms with E-state index in [1.165, 1.54) is 12.3 Å². The average Bonchev–Trinajstić information content (AvgIpc) is 2.47. The molecule has 0 radical (unpaired) electrons. The summed E-state index contributed by atoms with van der Waals surface area (Å²) in [5.41, 5.74) is 0.580. The number of hydrogen-bond acceptors (Lipinski definition) is 3. The van der Waals surface area contributed by atoms with Gasteiger partial charge < -0.3 is 0 Å². The molecular weight excluding hydrogens is 203 g/mol. The van der Waals surface area contributed by atoms with Crippen molar-refractivity contribution in [1.82, 2.24) is 19.7 Å². The van der Waals surface area contributed by atoms with Crippen molar-refractivity contribution in [3.63, 3.8) is 0 Å². The van der Waals surface area contributed by atoms with E-state index in [4.69, 9.17) is 12.2 Å². The van der Waals surface area contributed by atoms with Gasteiger partial charge in [-0.3, -0.25) is 14.8 Å². The van der Waals surface area contributed by atoms with Crippen LogP contribution in [0.2, 0.25) is 0 Å². The number of halogens is 1. The molecule has 2 aromatic rings. The Balaban J connectivity index is 2.54. The lowest BCUT2D eigenvalue weighted by atomic mass is 10.3. The predicted octanol–water partition coefficient (Wildman–Crippen LogP) is 1.68. The first-order chi connectivity index (χ1) is 6.66. The van der Waals surface area contributed by atoms with Crippen molar-refractivity contribution in [2.75, 3.05) is 0 Å². The third kappa shape index (κ3) is 1.56. The van der Waals surface area contributed by atoms with Crippen molar-refractivity contribution >= 4 is 12.2 Å². The molecule has 0 aliphatic rings. The van der Waals surface area contributed by atoms with Gasteiger partial charge in [-0.2, -0.15) is 4.98 Å². The Bertz CT molecular complexity index is 516. The highest BCUT2D eigenvalue weighted by molar-refractivity contribution is 7.71. The van der Waals surface area contributed by atoms with Gasteiger partial charge in [0.05, 0.1) is 6.20 Å². The van der Waals surface area contributed by atoms with Crippen molar-refractivity contribution < 1.29 is 4.39 Å². The molecule has 0 amide bonds. The summed E-state index contributed by atoms with van der Waals surface area (Å²) >= 11 is 4.91. The number of aromatic amines is 1. The van der Waals surface area contributed by atoms with E-state index in [1.54, 1.807) is 11.7 Å². The molecule has 0 bridgehead atoms. The number of pyridine rings is 1. The molecule has 2 aromatic heterocycles. The van der Waals surface area contributed by atoms with Gasteiger partial charge in [0.1, 0.15) is 5.82 Å². The predicted molar refractivity (Wildman–Crippen MR) is 51.6 cm³/mol. The van der Waals surface area contributed by atoms with Gasteiger partial charge in [0, 0.05) is 18.8 Å². The fourth-order valence-electron chi connectivity index (χ4n) is 1.07. The summed E-state index contributed by atoms with van der Waals surface area (Å²) < 4.78 is 14.8. The molecule has 2 heterocycles. The SMILES string of the molecule is Cn1[nH]c(-c2cncc(F)c2)nc1=S. The smallest absolute Gasteiger partial charge is 0.216 e. The van der Waals surface area contributed by atoms with E-state index in [1.807, 2.05) is 0 Å². The van der Waals surface area contributed by atoms with Crippen molar-refractivity contribution in [1.29, 1.82) is 0 Å². The maximum absolute atomic E-state index is 12.8. The highest BCUT2D eigenvalue weighted by Crippen LogP contribution is 2.13. The van der Waals surface area contributed by atoms with Gasteiger partial charge in [0.15, 0.2) is 5.82 Å². The van der Waals surface area contributed by atoms with Crippen molar-refractivity contribution in [2.45, 2.75) is 0 Å². The standard InChI is InChI=1S/C8H7FN4S/c1-13-8(14)11-7(12-13)5-2-6(9)4-10-3-5/h2-4H,1H3,(H,11,12,14). The zero-order chi connectivity index (χ0) is 10.1. The Morgan fingerprint density at radius 3 is 2.86 bits per heavy atom. The highest BCUT2D eigenvalue weighted by Gasteiger charge is 2.03. The van der Waals surface area contributed by atoms with Crippen LogP contribution >= 0.6 is 12.2 Å². The zero-order valence-electron chi connectivity index (χ0n) is 7.36. The molecule has 72 valence electrons. The molecule has 6 heteroatoms. The van der Waals surface area contributed by atoms with Crippen LogP contribution in [0.3, 0.4) is 0 Å². The van der Waals surface area contributed by atoms with E-state index >= 15 is 0 Å². The Hall–Kier alpha value is -1.56. The Morgan fingerprint density at radius 2 is 2.29 bits per heavy atom. The molecule has 0 saturated heterocycles. The van der Waals surface area contributed by atoms with Gasteiger partial charge in [0.2, 0.25) is 4.77 Å². The van der Waals surface area contributed by atoms with Crippen LogP contribution < -0.4 is 0 Å². The number of nitrogens with zero attached hydrogens (tertiary/aromatic N) is 3. The first kappa shape index (κ1) is 9.01. The summed E-state index contributed by atoms with van der Waals surface area (Å²) in [4.78, 5) is 7.76. The molecule has 0 spiro atoms. The van der Waals surface area contributed by atoms with E-state index in [0.29, 0.717) is 16.2 Å². The second-order valence-electron chi connectivity index (χ2n) is 2.81. The molecule has 0 aliphatic heterocycles. The minimum atomic E-state index is -0.396. The molecule has 4 nitrogen and oxygen atoms in total. The lowest BCUT2D eigenvalue weighted by Gasteiger charge is -1.94. The normalized spacial score (nSPS) is 10.4. The van der Waals surface area contributed by atoms with E-state index in [2.05, 4.69) is 15.1 Å². The fourth-order valence-corrected chi connectivity index (χ4v) is 1.21. The minimum absolute atomic E-state index is 0.396. The summed E-state index contributed by atoms with van der Waals surface area (Å²) in [6.07, 6.45) is 2.66. The van der Waals surface area contributed by atoms with E-state index in [9.17, 15) is 4.39 Å². The van der Waals surface area contributed by atoms with Crippen molar-refractivity contribution in [2.24, 2.45) is 7.05 Å². The van der Waals surface area contributed by atoms with Crippen molar-refractivity contribution in [3.05, 3.63) is 29.0 Å². The average molecular weight is 210 g/mol. The summed E-state index contributed by atoms with van der Waals surface area (Å²) in [6.45, 7) is 0. The number of H-pyrrole nitrogens is 1. The second kappa shape index (κ2) is 3.30. The third-order valence-corrected chi connectivity index (χ3v) is 2.11. The lowest BCUT2D eigenvalue weighted by molar-refractivity contribution is 0.621. The lowest BCUT2D eigenvalue weighted by Crippen LogP contribution is -1.90. The van der Waals surface area contributed by atoms with Gasteiger partial charge in [-0.15, -0.1) is 0 Å². The van der Waals surface area contributed by atoms with Gasteiger partial charge in [-0.25, -0.2) is 4.39 Å². The monoisotopic (exact) mass is 210 g/mol. The summed E-state index contributed by atoms with van der Waals surface area (Å²) in [5, 5.41) is 2.88. The van der Waals surface area contributed by atoms with Crippen LogP contribution in [-0.4, -0.2) is 19.7 Å². The molecule has 0 unspecified atom stereocenters. The number of nitrogens with one attached hydrogen (secondary N) is 1. The first-order valence-electron chi connectivity index (χ1n) is 3.91. The number of aromatic nitrogens is 4. The maximum atomic E-state index is 12.8. The van der Waals surface area contributed by atoms with Gasteiger partial charge in [-0.05, 0) is 18.3 Å². The largest absolute Gasteiger partial charge is 0.279 e. The fraction of sp³-hybridized carbons (Fsp3) is 0.125. The summed E-state index contributed by atoms with van der Waals surface area (Å²) in [6, 6.07) is 1.35. The molecule has 14 heavy (non-hydrogen) atoms. The topological polar surface area (TPSA) is 46.5 Å². The Labute approximate surface area is 84.4 Å². The van der Waals surface area contributed by atoms with Crippen LogP contribution in [0.25, 0.3) is 11.4 Å². The molecular formula is C8H7FN4S. The van der Waals surface area contributed by atoms with Crippen molar-refractivity contribution in [3.8, 4) is 11.4 Å². The number of rotatable bonds is 1. The zero-order valence-corrected chi connectivity index (χ0v) is 8.18. The molecule has 0 atom stereocenters. The minimum Gasteiger partial charge on any atom is -0.279 e. The van der Waals surface area contributed by atoms with Gasteiger partial charge in [0.25, 0.3) is 0 Å². The molecule has 0 saturated carbocycles. The van der Waals surface area contributed by atoms with E-state index in [-0.39, 0.29) is 0 Å². The van der Waals surface area contributed by atoms with E-state index < -0.39 is 5.82 Å². The molecule has 1 N–H and O–H groups in total. The van der Waals surface area contributed by atoms with Crippen LogP contribution in [0.1, 0.15) is 0 Å². The van der Waals surface area contributed by atoms with Crippen LogP contribution in [0, 0.1) is 10.6 Å². The van der Waals surface area contributed by atoms with Crippen LogP contribution in [0.5, 0.6) is 0 Å². The van der Waals surface area contributed by atoms with Crippen LogP contribution in [0.4, 0.5) is 4.39 Å². The van der Waals surface area contributed by atoms with Crippen LogP contribution in [-0.2, 0) is 7.05 Å². The maximum Gasteiger partial charge on any atom is 0.216 e. The molecule has 0 aromatic carbocycles.